The molecule has 0 amide bonds. The van der Waals surface area contributed by atoms with E-state index in [4.69, 9.17) is 0 Å². The first kappa shape index (κ1) is 19.5. The number of likely N-dealkylation sites (tertiary alicyclic amines) is 1. The van der Waals surface area contributed by atoms with Crippen LogP contribution in [0.25, 0.3) is 0 Å². The van der Waals surface area contributed by atoms with Gasteiger partial charge in [0.2, 0.25) is 0 Å². The zero-order valence-corrected chi connectivity index (χ0v) is 17.5. The second-order valence-electron chi connectivity index (χ2n) is 9.66. The number of benzene rings is 2. The predicted molar refractivity (Wildman–Crippen MR) is 117 cm³/mol. The van der Waals surface area contributed by atoms with Crippen molar-refractivity contribution < 1.29 is 5.11 Å². The lowest BCUT2D eigenvalue weighted by atomic mass is 9.49. The monoisotopic (exact) mass is 377 g/mol. The number of phenolic OH excluding ortho intramolecular Hbond substituents is 1. The van der Waals surface area contributed by atoms with Crippen molar-refractivity contribution in [1.29, 1.82) is 0 Å². The largest absolute Gasteiger partial charge is 0.508 e. The van der Waals surface area contributed by atoms with Gasteiger partial charge in [0.05, 0.1) is 0 Å². The van der Waals surface area contributed by atoms with E-state index in [1.165, 1.54) is 69.3 Å². The predicted octanol–water partition coefficient (Wildman–Crippen LogP) is 5.79. The zero-order chi connectivity index (χ0) is 19.6. The molecular weight excluding hydrogens is 342 g/mol. The third-order valence-corrected chi connectivity index (χ3v) is 7.65. The normalized spacial score (nSPS) is 30.7. The molecule has 2 fully saturated rings. The Morgan fingerprint density at radius 3 is 2.68 bits per heavy atom. The highest BCUT2D eigenvalue weighted by Crippen LogP contribution is 2.58. The van der Waals surface area contributed by atoms with Crippen molar-refractivity contribution in [3.05, 3.63) is 65.7 Å². The van der Waals surface area contributed by atoms with Crippen molar-refractivity contribution in [2.75, 3.05) is 19.6 Å². The second-order valence-corrected chi connectivity index (χ2v) is 9.66. The summed E-state index contributed by atoms with van der Waals surface area (Å²) >= 11 is 0. The summed E-state index contributed by atoms with van der Waals surface area (Å²) in [5.74, 6) is 1.18. The Hall–Kier alpha value is -1.80. The van der Waals surface area contributed by atoms with Crippen molar-refractivity contribution in [1.82, 2.24) is 4.90 Å². The Bertz CT molecular complexity index is 788. The third-order valence-electron chi connectivity index (χ3n) is 7.65. The van der Waals surface area contributed by atoms with E-state index in [1.807, 2.05) is 18.2 Å². The number of aromatic hydroxyl groups is 1. The molecular formula is C26H35NO. The lowest BCUT2D eigenvalue weighted by Crippen LogP contribution is -2.59. The smallest absolute Gasteiger partial charge is 0.115 e. The van der Waals surface area contributed by atoms with E-state index >= 15 is 0 Å². The number of piperidine rings is 1. The van der Waals surface area contributed by atoms with E-state index in [0.717, 1.165) is 5.92 Å². The van der Waals surface area contributed by atoms with E-state index in [-0.39, 0.29) is 10.8 Å². The molecule has 2 heteroatoms. The average Bonchev–Trinajstić information content (AvgIpc) is 2.69. The number of phenols is 1. The van der Waals surface area contributed by atoms with Crippen LogP contribution in [0.5, 0.6) is 5.75 Å². The van der Waals surface area contributed by atoms with Gasteiger partial charge >= 0.3 is 0 Å². The minimum absolute atomic E-state index is 0.208. The second kappa shape index (κ2) is 7.91. The van der Waals surface area contributed by atoms with Crippen molar-refractivity contribution in [2.24, 2.45) is 11.3 Å². The summed E-state index contributed by atoms with van der Waals surface area (Å²) in [6.45, 7) is 8.48. The highest BCUT2D eigenvalue weighted by atomic mass is 16.3. The highest BCUT2D eigenvalue weighted by molar-refractivity contribution is 5.36. The molecule has 2 aromatic rings. The van der Waals surface area contributed by atoms with Gasteiger partial charge in [-0.2, -0.15) is 0 Å². The molecule has 28 heavy (non-hydrogen) atoms. The molecule has 1 N–H and O–H groups in total. The first-order valence-electron chi connectivity index (χ1n) is 11.1. The summed E-state index contributed by atoms with van der Waals surface area (Å²) in [7, 11) is 0. The number of rotatable bonds is 5. The summed E-state index contributed by atoms with van der Waals surface area (Å²) in [4.78, 5) is 2.71. The van der Waals surface area contributed by atoms with E-state index in [9.17, 15) is 5.11 Å². The van der Waals surface area contributed by atoms with E-state index < -0.39 is 0 Å². The summed E-state index contributed by atoms with van der Waals surface area (Å²) in [6.07, 6.45) is 7.49. The van der Waals surface area contributed by atoms with Crippen LogP contribution in [0.3, 0.4) is 0 Å². The molecule has 3 atom stereocenters. The van der Waals surface area contributed by atoms with Gasteiger partial charge in [-0.25, -0.2) is 0 Å². The molecule has 2 aromatic carbocycles. The molecule has 0 unspecified atom stereocenters. The van der Waals surface area contributed by atoms with Crippen LogP contribution >= 0.6 is 0 Å². The molecule has 4 rings (SSSR count). The van der Waals surface area contributed by atoms with Crippen LogP contribution < -0.4 is 0 Å². The van der Waals surface area contributed by atoms with Gasteiger partial charge < -0.3 is 10.0 Å². The lowest BCUT2D eigenvalue weighted by Gasteiger charge is -2.59. The topological polar surface area (TPSA) is 23.5 Å². The molecule has 1 aliphatic carbocycles. The fourth-order valence-corrected chi connectivity index (χ4v) is 6.06. The Kier molecular flexibility index (Phi) is 5.51. The van der Waals surface area contributed by atoms with Gasteiger partial charge in [0.25, 0.3) is 0 Å². The summed E-state index contributed by atoms with van der Waals surface area (Å²) in [5.41, 5.74) is 3.31. The third kappa shape index (κ3) is 3.72. The molecule has 0 spiro atoms. The van der Waals surface area contributed by atoms with Crippen LogP contribution in [0.4, 0.5) is 0 Å². The SMILES string of the molecule is C[C@@H]1CC[C@]2(C)CN(CCCc3ccccc3)CC[C@]2(c2cccc(O)c2)C1. The van der Waals surface area contributed by atoms with E-state index in [2.05, 4.69) is 55.1 Å². The molecule has 1 aliphatic heterocycles. The van der Waals surface area contributed by atoms with Gasteiger partial charge in [0, 0.05) is 12.0 Å². The zero-order valence-electron chi connectivity index (χ0n) is 17.5. The molecule has 1 heterocycles. The molecule has 1 saturated carbocycles. The van der Waals surface area contributed by atoms with Crippen LogP contribution in [0.15, 0.2) is 54.6 Å². The van der Waals surface area contributed by atoms with Crippen LogP contribution in [0.1, 0.15) is 57.1 Å². The quantitative estimate of drug-likeness (QED) is 0.712. The maximum absolute atomic E-state index is 10.1. The number of hydrogen-bond donors (Lipinski definition) is 1. The maximum atomic E-state index is 10.1. The van der Waals surface area contributed by atoms with Gasteiger partial charge in [-0.15, -0.1) is 0 Å². The van der Waals surface area contributed by atoms with Gasteiger partial charge in [0.1, 0.15) is 5.75 Å². The van der Waals surface area contributed by atoms with Crippen molar-refractivity contribution in [3.63, 3.8) is 0 Å². The van der Waals surface area contributed by atoms with Gasteiger partial charge in [-0.05, 0) is 79.8 Å². The van der Waals surface area contributed by atoms with Crippen LogP contribution in [-0.2, 0) is 11.8 Å². The first-order chi connectivity index (χ1) is 13.5. The minimum atomic E-state index is 0.208. The lowest BCUT2D eigenvalue weighted by molar-refractivity contribution is -0.0361. The molecule has 2 aliphatic rings. The van der Waals surface area contributed by atoms with Crippen molar-refractivity contribution >= 4 is 0 Å². The molecule has 150 valence electrons. The Balaban J connectivity index is 1.49. The number of fused-ring (bicyclic) bond motifs is 1. The first-order valence-corrected chi connectivity index (χ1v) is 11.1. The van der Waals surface area contributed by atoms with E-state index in [1.54, 1.807) is 0 Å². The minimum Gasteiger partial charge on any atom is -0.508 e. The molecule has 0 aromatic heterocycles. The molecule has 1 saturated heterocycles. The molecule has 0 radical (unpaired) electrons. The molecule has 0 bridgehead atoms. The van der Waals surface area contributed by atoms with Crippen molar-refractivity contribution in [3.8, 4) is 5.75 Å². The van der Waals surface area contributed by atoms with Gasteiger partial charge in [-0.3, -0.25) is 0 Å². The summed E-state index contributed by atoms with van der Waals surface area (Å²) in [6, 6.07) is 19.0. The summed E-state index contributed by atoms with van der Waals surface area (Å²) < 4.78 is 0. The van der Waals surface area contributed by atoms with Crippen LogP contribution in [-0.4, -0.2) is 29.6 Å². The van der Waals surface area contributed by atoms with Crippen molar-refractivity contribution in [2.45, 2.75) is 57.8 Å². The Morgan fingerprint density at radius 2 is 1.89 bits per heavy atom. The fourth-order valence-electron chi connectivity index (χ4n) is 6.06. The van der Waals surface area contributed by atoms with Gasteiger partial charge in [-0.1, -0.05) is 62.7 Å². The standard InChI is InChI=1S/C26H35NO/c1-21-13-14-25(2)20-27(16-7-10-22-8-4-3-5-9-22)17-15-26(25,19-21)23-11-6-12-24(28)18-23/h3-6,8-9,11-12,18,21,28H,7,10,13-17,19-20H2,1-2H3/t21-,25-,26-/m1/s1. The highest BCUT2D eigenvalue weighted by Gasteiger charge is 2.54. The van der Waals surface area contributed by atoms with Gasteiger partial charge in [0.15, 0.2) is 0 Å². The molecule has 2 nitrogen and oxygen atoms in total. The summed E-state index contributed by atoms with van der Waals surface area (Å²) in [5, 5.41) is 10.1. The Labute approximate surface area is 170 Å². The van der Waals surface area contributed by atoms with Crippen LogP contribution in [0, 0.1) is 11.3 Å². The number of nitrogens with zero attached hydrogens (tertiary/aromatic N) is 1. The van der Waals surface area contributed by atoms with E-state index in [0.29, 0.717) is 5.75 Å². The average molecular weight is 378 g/mol. The van der Waals surface area contributed by atoms with Crippen LogP contribution in [0.2, 0.25) is 0 Å². The number of hydrogen-bond acceptors (Lipinski definition) is 2. The number of aryl methyl sites for hydroxylation is 1. The Morgan fingerprint density at radius 1 is 1.07 bits per heavy atom. The fraction of sp³-hybridized carbons (Fsp3) is 0.538. The maximum Gasteiger partial charge on any atom is 0.115 e.